The van der Waals surface area contributed by atoms with E-state index in [4.69, 9.17) is 4.74 Å². The van der Waals surface area contributed by atoms with Crippen molar-refractivity contribution < 1.29 is 31.1 Å². The number of alkyl halides is 6. The number of hydrogen-bond acceptors (Lipinski definition) is 5. The van der Waals surface area contributed by atoms with Crippen LogP contribution in [0, 0.1) is 5.41 Å². The first-order valence-electron chi connectivity index (χ1n) is 10.6. The standard InChI is InChI=1S/C24H24F6N4O/c1-22(2,16-35-19-11-32-21(33-12-19)24(28,29)30)15-34(13-17-6-5-9-31-10-17)14-18-7-3-4-8-20(18)23(25,26)27/h3-12H,13-16H2,1-2H3. The largest absolute Gasteiger partial charge is 0.490 e. The predicted molar refractivity (Wildman–Crippen MR) is 116 cm³/mol. The van der Waals surface area contributed by atoms with Crippen molar-refractivity contribution >= 4 is 0 Å². The Bertz CT molecular complexity index is 1090. The van der Waals surface area contributed by atoms with Crippen molar-refractivity contribution in [3.05, 3.63) is 83.7 Å². The molecule has 0 aliphatic carbocycles. The first-order valence-corrected chi connectivity index (χ1v) is 10.6. The Kier molecular flexibility index (Phi) is 7.99. The maximum absolute atomic E-state index is 13.5. The van der Waals surface area contributed by atoms with Gasteiger partial charge in [0.15, 0.2) is 5.75 Å². The van der Waals surface area contributed by atoms with Crippen LogP contribution in [0.15, 0.2) is 61.2 Å². The topological polar surface area (TPSA) is 51.1 Å². The van der Waals surface area contributed by atoms with Crippen LogP contribution in [-0.4, -0.2) is 33.0 Å². The van der Waals surface area contributed by atoms with Gasteiger partial charge in [-0.3, -0.25) is 9.88 Å². The summed E-state index contributed by atoms with van der Waals surface area (Å²) in [4.78, 5) is 12.5. The second-order valence-electron chi connectivity index (χ2n) is 8.85. The highest BCUT2D eigenvalue weighted by molar-refractivity contribution is 5.29. The zero-order valence-electron chi connectivity index (χ0n) is 19.1. The van der Waals surface area contributed by atoms with E-state index < -0.39 is 29.2 Å². The van der Waals surface area contributed by atoms with E-state index in [1.165, 1.54) is 12.1 Å². The van der Waals surface area contributed by atoms with Crippen molar-refractivity contribution in [3.63, 3.8) is 0 Å². The highest BCUT2D eigenvalue weighted by Crippen LogP contribution is 2.33. The number of hydrogen-bond donors (Lipinski definition) is 0. The van der Waals surface area contributed by atoms with Gasteiger partial charge in [-0.25, -0.2) is 9.97 Å². The number of halogens is 6. The molecule has 0 N–H and O–H groups in total. The summed E-state index contributed by atoms with van der Waals surface area (Å²) in [5, 5.41) is 0. The van der Waals surface area contributed by atoms with E-state index in [1.807, 2.05) is 24.8 Å². The number of pyridine rings is 1. The minimum absolute atomic E-state index is 0.0252. The Morgan fingerprint density at radius 3 is 2.11 bits per heavy atom. The van der Waals surface area contributed by atoms with E-state index in [2.05, 4.69) is 15.0 Å². The Hall–Kier alpha value is -3.21. The van der Waals surface area contributed by atoms with Crippen LogP contribution in [-0.2, 0) is 25.4 Å². The third kappa shape index (κ3) is 7.91. The van der Waals surface area contributed by atoms with E-state index >= 15 is 0 Å². The maximum atomic E-state index is 13.5. The van der Waals surface area contributed by atoms with E-state index in [0.717, 1.165) is 24.0 Å². The second-order valence-corrected chi connectivity index (χ2v) is 8.85. The minimum atomic E-state index is -4.66. The number of nitrogens with zero attached hydrogens (tertiary/aromatic N) is 4. The van der Waals surface area contributed by atoms with Gasteiger partial charge in [0.05, 0.1) is 24.6 Å². The monoisotopic (exact) mass is 498 g/mol. The maximum Gasteiger partial charge on any atom is 0.451 e. The van der Waals surface area contributed by atoms with Gasteiger partial charge in [-0.1, -0.05) is 38.1 Å². The lowest BCUT2D eigenvalue weighted by Crippen LogP contribution is -2.37. The lowest BCUT2D eigenvalue weighted by molar-refractivity contribution is -0.145. The molecule has 0 atom stereocenters. The summed E-state index contributed by atoms with van der Waals surface area (Å²) in [6.07, 6.45) is -4.00. The van der Waals surface area contributed by atoms with Crippen molar-refractivity contribution in [3.8, 4) is 5.75 Å². The molecule has 0 fully saturated rings. The molecule has 35 heavy (non-hydrogen) atoms. The van der Waals surface area contributed by atoms with Crippen LogP contribution in [0.25, 0.3) is 0 Å². The summed E-state index contributed by atoms with van der Waals surface area (Å²) in [5.41, 5.74) is -0.327. The van der Waals surface area contributed by atoms with Gasteiger partial charge >= 0.3 is 12.4 Å². The summed E-state index contributed by atoms with van der Waals surface area (Å²) >= 11 is 0. The Morgan fingerprint density at radius 2 is 1.51 bits per heavy atom. The molecule has 1 aromatic carbocycles. The molecule has 2 aromatic heterocycles. The summed E-state index contributed by atoms with van der Waals surface area (Å²) in [5.74, 6) is -1.21. The van der Waals surface area contributed by atoms with Gasteiger partial charge < -0.3 is 4.74 Å². The molecule has 3 aromatic rings. The molecular formula is C24H24F6N4O. The van der Waals surface area contributed by atoms with Crippen molar-refractivity contribution in [2.75, 3.05) is 13.2 Å². The highest BCUT2D eigenvalue weighted by Gasteiger charge is 2.35. The van der Waals surface area contributed by atoms with Gasteiger partial charge in [-0.2, -0.15) is 26.3 Å². The van der Waals surface area contributed by atoms with E-state index in [9.17, 15) is 26.3 Å². The molecule has 0 unspecified atom stereocenters. The number of ether oxygens (including phenoxy) is 1. The molecule has 0 aliphatic heterocycles. The first-order chi connectivity index (χ1) is 16.3. The van der Waals surface area contributed by atoms with Crippen LogP contribution in [0.1, 0.15) is 36.4 Å². The fourth-order valence-corrected chi connectivity index (χ4v) is 3.56. The van der Waals surface area contributed by atoms with Crippen molar-refractivity contribution in [2.24, 2.45) is 5.41 Å². The zero-order chi connectivity index (χ0) is 25.7. The van der Waals surface area contributed by atoms with E-state index in [1.54, 1.807) is 24.5 Å². The Morgan fingerprint density at radius 1 is 0.829 bits per heavy atom. The summed E-state index contributed by atoms with van der Waals surface area (Å²) in [6, 6.07) is 8.99. The molecule has 0 saturated heterocycles. The Balaban J connectivity index is 1.75. The quantitative estimate of drug-likeness (QED) is 0.338. The third-order valence-corrected chi connectivity index (χ3v) is 5.01. The second kappa shape index (κ2) is 10.6. The zero-order valence-corrected chi connectivity index (χ0v) is 19.1. The molecule has 11 heteroatoms. The molecular weight excluding hydrogens is 474 g/mol. The van der Waals surface area contributed by atoms with E-state index in [-0.39, 0.29) is 24.5 Å². The number of aromatic nitrogens is 3. The summed E-state index contributed by atoms with van der Waals surface area (Å²) in [7, 11) is 0. The van der Waals surface area contributed by atoms with E-state index in [0.29, 0.717) is 13.1 Å². The van der Waals surface area contributed by atoms with Crippen molar-refractivity contribution in [2.45, 2.75) is 39.3 Å². The van der Waals surface area contributed by atoms with Crippen LogP contribution < -0.4 is 4.74 Å². The van der Waals surface area contributed by atoms with Gasteiger partial charge in [0, 0.05) is 37.4 Å². The molecule has 0 bridgehead atoms. The normalized spacial score (nSPS) is 12.7. The van der Waals surface area contributed by atoms with Gasteiger partial charge in [0.25, 0.3) is 0 Å². The molecule has 0 spiro atoms. The average molecular weight is 498 g/mol. The Labute approximate surface area is 198 Å². The predicted octanol–water partition coefficient (Wildman–Crippen LogP) is 6.02. The smallest absolute Gasteiger partial charge is 0.451 e. The molecule has 0 saturated carbocycles. The average Bonchev–Trinajstić information content (AvgIpc) is 2.77. The molecule has 0 radical (unpaired) electrons. The van der Waals surface area contributed by atoms with Gasteiger partial charge in [0.2, 0.25) is 5.82 Å². The molecule has 3 rings (SSSR count). The SMILES string of the molecule is CC(C)(COc1cnc(C(F)(F)F)nc1)CN(Cc1cccnc1)Cc1ccccc1C(F)(F)F. The molecule has 5 nitrogen and oxygen atoms in total. The van der Waals surface area contributed by atoms with Gasteiger partial charge in [-0.05, 0) is 23.3 Å². The van der Waals surface area contributed by atoms with Gasteiger partial charge in [-0.15, -0.1) is 0 Å². The summed E-state index contributed by atoms with van der Waals surface area (Å²) in [6.45, 7) is 4.47. The molecule has 0 amide bonds. The molecule has 0 aliphatic rings. The lowest BCUT2D eigenvalue weighted by atomic mass is 9.93. The van der Waals surface area contributed by atoms with Crippen LogP contribution >= 0.6 is 0 Å². The number of benzene rings is 1. The fraction of sp³-hybridized carbons (Fsp3) is 0.375. The van der Waals surface area contributed by atoms with Gasteiger partial charge in [0.1, 0.15) is 0 Å². The lowest BCUT2D eigenvalue weighted by Gasteiger charge is -2.33. The fourth-order valence-electron chi connectivity index (χ4n) is 3.56. The molecule has 2 heterocycles. The summed E-state index contributed by atoms with van der Waals surface area (Å²) < 4.78 is 84.2. The minimum Gasteiger partial charge on any atom is -0.490 e. The number of rotatable bonds is 9. The van der Waals surface area contributed by atoms with Crippen LogP contribution in [0.2, 0.25) is 0 Å². The van der Waals surface area contributed by atoms with Crippen LogP contribution in [0.3, 0.4) is 0 Å². The van der Waals surface area contributed by atoms with Crippen LogP contribution in [0.5, 0.6) is 5.75 Å². The van der Waals surface area contributed by atoms with Crippen molar-refractivity contribution in [1.82, 2.24) is 19.9 Å². The first kappa shape index (κ1) is 26.4. The van der Waals surface area contributed by atoms with Crippen molar-refractivity contribution in [1.29, 1.82) is 0 Å². The highest BCUT2D eigenvalue weighted by atomic mass is 19.4. The third-order valence-electron chi connectivity index (χ3n) is 5.01. The molecule has 188 valence electrons. The van der Waals surface area contributed by atoms with Crippen LogP contribution in [0.4, 0.5) is 26.3 Å².